The molecule has 0 atom stereocenters. The summed E-state index contributed by atoms with van der Waals surface area (Å²) in [6, 6.07) is 1.83. The summed E-state index contributed by atoms with van der Waals surface area (Å²) in [5.41, 5.74) is 0. The van der Waals surface area contributed by atoms with Gasteiger partial charge in [-0.25, -0.2) is 9.78 Å². The maximum Gasteiger partial charge on any atom is 0.349 e. The summed E-state index contributed by atoms with van der Waals surface area (Å²) in [5, 5.41) is 8.62. The molecule has 0 aromatic carbocycles. The van der Waals surface area contributed by atoms with Gasteiger partial charge in [-0.1, -0.05) is 11.3 Å². The Morgan fingerprint density at radius 3 is 3.09 bits per heavy atom. The average Bonchev–Trinajstić information content (AvgIpc) is 2.50. The molecule has 1 heterocycles. The number of carbonyl (C=O) groups excluding carboxylic acids is 1. The fraction of sp³-hybridized carbons (Fsp3) is 0.167. The maximum atomic E-state index is 10.8. The van der Waals surface area contributed by atoms with Crippen molar-refractivity contribution >= 4 is 17.3 Å². The molecule has 0 aliphatic heterocycles. The number of carbonyl (C=O) groups is 1. The fourth-order valence-electron chi connectivity index (χ4n) is 0.521. The number of nitrogens with zero attached hydrogens (tertiary/aromatic N) is 2. The van der Waals surface area contributed by atoms with Gasteiger partial charge in [0.05, 0.1) is 13.3 Å². The van der Waals surface area contributed by atoms with Crippen LogP contribution in [0.4, 0.5) is 0 Å². The molecular formula is C6H4N2O2S. The topological polar surface area (TPSA) is 63.0 Å². The zero-order valence-electron chi connectivity index (χ0n) is 5.70. The normalized spacial score (nSPS) is 8.73. The number of aromatic nitrogens is 1. The lowest BCUT2D eigenvalue weighted by Crippen LogP contribution is -1.96. The van der Waals surface area contributed by atoms with Gasteiger partial charge in [-0.15, -0.1) is 0 Å². The van der Waals surface area contributed by atoms with Crippen LogP contribution in [-0.2, 0) is 4.74 Å². The minimum atomic E-state index is -0.455. The van der Waals surface area contributed by atoms with Crippen LogP contribution in [0.1, 0.15) is 14.7 Å². The number of esters is 1. The second-order valence-corrected chi connectivity index (χ2v) is 2.66. The van der Waals surface area contributed by atoms with E-state index in [1.54, 1.807) is 0 Å². The molecule has 0 aliphatic carbocycles. The Morgan fingerprint density at radius 2 is 2.64 bits per heavy atom. The summed E-state index contributed by atoms with van der Waals surface area (Å²) < 4.78 is 4.42. The first kappa shape index (κ1) is 7.69. The number of methoxy groups -OCH3 is 1. The second-order valence-electron chi connectivity index (χ2n) is 1.63. The van der Waals surface area contributed by atoms with Gasteiger partial charge in [0.1, 0.15) is 10.9 Å². The molecule has 0 bridgehead atoms. The molecule has 1 aromatic heterocycles. The third-order valence-electron chi connectivity index (χ3n) is 0.988. The van der Waals surface area contributed by atoms with E-state index in [9.17, 15) is 4.79 Å². The lowest BCUT2D eigenvalue weighted by molar-refractivity contribution is 0.0606. The SMILES string of the molecule is COC(=O)c1cnc(C#N)s1. The van der Waals surface area contributed by atoms with Crippen molar-refractivity contribution < 1.29 is 9.53 Å². The first-order chi connectivity index (χ1) is 5.27. The molecule has 1 rings (SSSR count). The van der Waals surface area contributed by atoms with Crippen LogP contribution in [0, 0.1) is 11.3 Å². The molecule has 0 aliphatic rings. The summed E-state index contributed by atoms with van der Waals surface area (Å²) >= 11 is 1.02. The molecule has 0 amide bonds. The summed E-state index contributed by atoms with van der Waals surface area (Å²) in [5.74, 6) is -0.455. The Balaban J connectivity index is 2.91. The van der Waals surface area contributed by atoms with Gasteiger partial charge in [0, 0.05) is 0 Å². The highest BCUT2D eigenvalue weighted by atomic mass is 32.1. The number of hydrogen-bond acceptors (Lipinski definition) is 5. The summed E-state index contributed by atoms with van der Waals surface area (Å²) in [6.45, 7) is 0. The Bertz CT molecular complexity index is 313. The molecule has 0 fully saturated rings. The quantitative estimate of drug-likeness (QED) is 0.582. The highest BCUT2D eigenvalue weighted by Gasteiger charge is 2.09. The largest absolute Gasteiger partial charge is 0.465 e. The minimum Gasteiger partial charge on any atom is -0.465 e. The molecule has 0 spiro atoms. The molecule has 0 saturated heterocycles. The summed E-state index contributed by atoms with van der Waals surface area (Å²) in [6.07, 6.45) is 1.33. The van der Waals surface area contributed by atoms with E-state index in [4.69, 9.17) is 5.26 Å². The molecule has 56 valence electrons. The monoisotopic (exact) mass is 168 g/mol. The molecule has 5 heteroatoms. The third-order valence-corrected chi connectivity index (χ3v) is 1.87. The molecule has 11 heavy (non-hydrogen) atoms. The van der Waals surface area contributed by atoms with Crippen LogP contribution in [0.5, 0.6) is 0 Å². The van der Waals surface area contributed by atoms with Crippen molar-refractivity contribution in [1.82, 2.24) is 4.98 Å². The molecule has 0 saturated carbocycles. The van der Waals surface area contributed by atoms with Crippen molar-refractivity contribution in [3.05, 3.63) is 16.1 Å². The van der Waals surface area contributed by atoms with E-state index >= 15 is 0 Å². The minimum absolute atomic E-state index is 0.269. The molecule has 0 radical (unpaired) electrons. The van der Waals surface area contributed by atoms with Crippen molar-refractivity contribution in [2.75, 3.05) is 7.11 Å². The highest BCUT2D eigenvalue weighted by molar-refractivity contribution is 7.14. The standard InChI is InChI=1S/C6H4N2O2S/c1-10-6(9)4-3-8-5(2-7)11-4/h3H,1H3. The Labute approximate surface area is 67.1 Å². The predicted molar refractivity (Wildman–Crippen MR) is 38.2 cm³/mol. The smallest absolute Gasteiger partial charge is 0.349 e. The molecule has 0 unspecified atom stereocenters. The van der Waals surface area contributed by atoms with Gasteiger partial charge in [-0.05, 0) is 0 Å². The van der Waals surface area contributed by atoms with Gasteiger partial charge in [0.25, 0.3) is 0 Å². The van der Waals surface area contributed by atoms with Crippen molar-refractivity contribution in [3.8, 4) is 6.07 Å². The van der Waals surface area contributed by atoms with Crippen LogP contribution in [-0.4, -0.2) is 18.1 Å². The van der Waals surface area contributed by atoms with Gasteiger partial charge < -0.3 is 4.74 Å². The van der Waals surface area contributed by atoms with E-state index < -0.39 is 5.97 Å². The highest BCUT2D eigenvalue weighted by Crippen LogP contribution is 2.11. The van der Waals surface area contributed by atoms with Crippen LogP contribution < -0.4 is 0 Å². The van der Waals surface area contributed by atoms with Crippen molar-refractivity contribution in [1.29, 1.82) is 5.26 Å². The van der Waals surface area contributed by atoms with E-state index in [1.807, 2.05) is 6.07 Å². The fourth-order valence-corrected chi connectivity index (χ4v) is 1.15. The lowest BCUT2D eigenvalue weighted by atomic mass is 10.6. The Hall–Kier alpha value is -1.41. The molecule has 1 aromatic rings. The lowest BCUT2D eigenvalue weighted by Gasteiger charge is -1.89. The first-order valence-corrected chi connectivity index (χ1v) is 3.54. The number of nitriles is 1. The van der Waals surface area contributed by atoms with Crippen LogP contribution >= 0.6 is 11.3 Å². The first-order valence-electron chi connectivity index (χ1n) is 2.72. The van der Waals surface area contributed by atoms with Gasteiger partial charge in [-0.2, -0.15) is 5.26 Å². The van der Waals surface area contributed by atoms with Crippen LogP contribution in [0.3, 0.4) is 0 Å². The zero-order chi connectivity index (χ0) is 8.27. The maximum absolute atomic E-state index is 10.8. The average molecular weight is 168 g/mol. The van der Waals surface area contributed by atoms with Crippen LogP contribution in [0.25, 0.3) is 0 Å². The third kappa shape index (κ3) is 1.53. The van der Waals surface area contributed by atoms with E-state index in [2.05, 4.69) is 9.72 Å². The molecular weight excluding hydrogens is 164 g/mol. The van der Waals surface area contributed by atoms with Gasteiger partial charge >= 0.3 is 5.97 Å². The van der Waals surface area contributed by atoms with E-state index in [0.29, 0.717) is 4.88 Å². The van der Waals surface area contributed by atoms with Gasteiger partial charge in [0.15, 0.2) is 5.01 Å². The summed E-state index contributed by atoms with van der Waals surface area (Å²) in [7, 11) is 1.29. The Kier molecular flexibility index (Phi) is 2.18. The predicted octanol–water partition coefficient (Wildman–Crippen LogP) is 0.801. The second kappa shape index (κ2) is 3.12. The van der Waals surface area contributed by atoms with Crippen molar-refractivity contribution in [2.24, 2.45) is 0 Å². The van der Waals surface area contributed by atoms with E-state index in [0.717, 1.165) is 11.3 Å². The number of hydrogen-bond donors (Lipinski definition) is 0. The number of rotatable bonds is 1. The van der Waals surface area contributed by atoms with Gasteiger partial charge in [0.2, 0.25) is 0 Å². The van der Waals surface area contributed by atoms with E-state index in [-0.39, 0.29) is 5.01 Å². The van der Waals surface area contributed by atoms with Crippen molar-refractivity contribution in [3.63, 3.8) is 0 Å². The van der Waals surface area contributed by atoms with Crippen molar-refractivity contribution in [2.45, 2.75) is 0 Å². The molecule has 4 nitrogen and oxygen atoms in total. The zero-order valence-corrected chi connectivity index (χ0v) is 6.51. The number of ether oxygens (including phenoxy) is 1. The Morgan fingerprint density at radius 1 is 1.91 bits per heavy atom. The van der Waals surface area contributed by atoms with Crippen LogP contribution in [0.15, 0.2) is 6.20 Å². The van der Waals surface area contributed by atoms with E-state index in [1.165, 1.54) is 13.3 Å². The summed E-state index contributed by atoms with van der Waals surface area (Å²) in [4.78, 5) is 14.8. The van der Waals surface area contributed by atoms with Crippen LogP contribution in [0.2, 0.25) is 0 Å². The number of thiazole rings is 1. The van der Waals surface area contributed by atoms with Gasteiger partial charge in [-0.3, -0.25) is 0 Å². The molecule has 0 N–H and O–H groups in total.